The Kier molecular flexibility index (Phi) is 7.22. The third-order valence-corrected chi connectivity index (χ3v) is 5.59. The number of anilines is 1. The van der Waals surface area contributed by atoms with E-state index in [4.69, 9.17) is 0 Å². The minimum atomic E-state index is 0.782. The van der Waals surface area contributed by atoms with Crippen molar-refractivity contribution in [2.75, 3.05) is 52.2 Å². The molecule has 0 radical (unpaired) electrons. The first-order valence-corrected chi connectivity index (χ1v) is 10.6. The van der Waals surface area contributed by atoms with E-state index in [0.717, 1.165) is 62.6 Å². The van der Waals surface area contributed by atoms with E-state index in [1.165, 1.54) is 22.7 Å². The van der Waals surface area contributed by atoms with Gasteiger partial charge in [-0.2, -0.15) is 4.37 Å². The molecule has 1 saturated heterocycles. The van der Waals surface area contributed by atoms with Gasteiger partial charge in [-0.1, -0.05) is 31.2 Å². The molecular formula is C20H31N7S. The topological polar surface area (TPSA) is 59.9 Å². The predicted molar refractivity (Wildman–Crippen MR) is 117 cm³/mol. The number of rotatable bonds is 6. The Labute approximate surface area is 172 Å². The smallest absolute Gasteiger partial charge is 0.205 e. The number of nitrogens with zero attached hydrogens (tertiary/aromatic N) is 6. The average molecular weight is 402 g/mol. The van der Waals surface area contributed by atoms with E-state index >= 15 is 0 Å². The second-order valence-electron chi connectivity index (χ2n) is 7.28. The van der Waals surface area contributed by atoms with E-state index in [0.29, 0.717) is 0 Å². The molecule has 1 fully saturated rings. The SMILES string of the molecule is CCc1nsc(N2CCN(C(=NC)NCc3cccc(CN(C)C)c3)CC2)n1. The average Bonchev–Trinajstić information content (AvgIpc) is 3.18. The molecule has 1 aliphatic heterocycles. The van der Waals surface area contributed by atoms with E-state index in [9.17, 15) is 0 Å². The van der Waals surface area contributed by atoms with Crippen LogP contribution in [0.2, 0.25) is 0 Å². The van der Waals surface area contributed by atoms with Crippen molar-refractivity contribution in [1.29, 1.82) is 0 Å². The van der Waals surface area contributed by atoms with Crippen LogP contribution in [0.3, 0.4) is 0 Å². The molecule has 0 aliphatic carbocycles. The summed E-state index contributed by atoms with van der Waals surface area (Å²) in [6, 6.07) is 8.73. The number of hydrogen-bond acceptors (Lipinski definition) is 6. The molecule has 1 aromatic carbocycles. The summed E-state index contributed by atoms with van der Waals surface area (Å²) in [5.74, 6) is 1.90. The van der Waals surface area contributed by atoms with Gasteiger partial charge >= 0.3 is 0 Å². The molecule has 0 atom stereocenters. The molecule has 0 unspecified atom stereocenters. The van der Waals surface area contributed by atoms with E-state index in [-0.39, 0.29) is 0 Å². The second kappa shape index (κ2) is 9.84. The van der Waals surface area contributed by atoms with Gasteiger partial charge in [0, 0.05) is 64.3 Å². The Morgan fingerprint density at radius 3 is 2.61 bits per heavy atom. The molecule has 2 aromatic rings. The number of aliphatic imine (C=N–C) groups is 1. The van der Waals surface area contributed by atoms with Crippen molar-refractivity contribution in [2.45, 2.75) is 26.4 Å². The lowest BCUT2D eigenvalue weighted by molar-refractivity contribution is 0.372. The first-order valence-electron chi connectivity index (χ1n) is 9.84. The van der Waals surface area contributed by atoms with Gasteiger partial charge in [0.2, 0.25) is 5.13 Å². The molecule has 1 aliphatic rings. The van der Waals surface area contributed by atoms with Crippen molar-refractivity contribution >= 4 is 22.6 Å². The zero-order valence-corrected chi connectivity index (χ0v) is 18.2. The third-order valence-electron chi connectivity index (χ3n) is 4.78. The summed E-state index contributed by atoms with van der Waals surface area (Å²) in [5.41, 5.74) is 2.61. The number of nitrogens with one attached hydrogen (secondary N) is 1. The van der Waals surface area contributed by atoms with Crippen LogP contribution in [0.4, 0.5) is 5.13 Å². The van der Waals surface area contributed by atoms with Gasteiger partial charge in [-0.05, 0) is 25.2 Å². The van der Waals surface area contributed by atoms with Crippen molar-refractivity contribution in [3.63, 3.8) is 0 Å². The van der Waals surface area contributed by atoms with Crippen LogP contribution in [0, 0.1) is 0 Å². The fourth-order valence-electron chi connectivity index (χ4n) is 3.34. The Morgan fingerprint density at radius 2 is 1.96 bits per heavy atom. The number of aromatic nitrogens is 2. The highest BCUT2D eigenvalue weighted by Gasteiger charge is 2.22. The van der Waals surface area contributed by atoms with Gasteiger partial charge in [-0.3, -0.25) is 4.99 Å². The van der Waals surface area contributed by atoms with Gasteiger partial charge in [0.25, 0.3) is 0 Å². The highest BCUT2D eigenvalue weighted by atomic mass is 32.1. The number of benzene rings is 1. The molecule has 2 heterocycles. The Bertz CT molecular complexity index is 778. The molecule has 28 heavy (non-hydrogen) atoms. The largest absolute Gasteiger partial charge is 0.352 e. The molecule has 8 heteroatoms. The van der Waals surface area contributed by atoms with Gasteiger partial charge < -0.3 is 20.0 Å². The summed E-state index contributed by atoms with van der Waals surface area (Å²) in [5, 5.41) is 4.56. The fraction of sp³-hybridized carbons (Fsp3) is 0.550. The highest BCUT2D eigenvalue weighted by Crippen LogP contribution is 2.19. The van der Waals surface area contributed by atoms with Gasteiger partial charge in [0.15, 0.2) is 5.96 Å². The van der Waals surface area contributed by atoms with Crippen LogP contribution in [0.15, 0.2) is 29.3 Å². The highest BCUT2D eigenvalue weighted by molar-refractivity contribution is 7.09. The summed E-state index contributed by atoms with van der Waals surface area (Å²) in [6.07, 6.45) is 0.892. The van der Waals surface area contributed by atoms with Crippen LogP contribution in [0.5, 0.6) is 0 Å². The van der Waals surface area contributed by atoms with E-state index in [1.807, 2.05) is 7.05 Å². The molecule has 0 amide bonds. The van der Waals surface area contributed by atoms with Crippen molar-refractivity contribution in [3.8, 4) is 0 Å². The number of piperazine rings is 1. The van der Waals surface area contributed by atoms with Crippen LogP contribution in [-0.4, -0.2) is 72.4 Å². The molecule has 152 valence electrons. The number of guanidine groups is 1. The maximum Gasteiger partial charge on any atom is 0.205 e. The lowest BCUT2D eigenvalue weighted by Crippen LogP contribution is -2.52. The fourth-order valence-corrected chi connectivity index (χ4v) is 4.14. The number of aryl methyl sites for hydroxylation is 1. The second-order valence-corrected chi connectivity index (χ2v) is 8.01. The first kappa shape index (κ1) is 20.5. The van der Waals surface area contributed by atoms with Gasteiger partial charge in [-0.15, -0.1) is 0 Å². The number of hydrogen-bond donors (Lipinski definition) is 1. The summed E-state index contributed by atoms with van der Waals surface area (Å²) in [4.78, 5) is 15.9. The van der Waals surface area contributed by atoms with Crippen LogP contribution in [0.1, 0.15) is 23.9 Å². The zero-order chi connectivity index (χ0) is 19.9. The molecule has 0 spiro atoms. The summed E-state index contributed by atoms with van der Waals surface area (Å²) in [7, 11) is 6.05. The molecule has 0 bridgehead atoms. The summed E-state index contributed by atoms with van der Waals surface area (Å²) in [6.45, 7) is 7.58. The lowest BCUT2D eigenvalue weighted by atomic mass is 10.1. The van der Waals surface area contributed by atoms with E-state index in [1.54, 1.807) is 0 Å². The standard InChI is InChI=1S/C20H31N7S/c1-5-18-23-20(28-24-18)27-11-9-26(10-12-27)19(21-2)22-14-16-7-6-8-17(13-16)15-25(3)4/h6-8,13H,5,9-12,14-15H2,1-4H3,(H,21,22). The summed E-state index contributed by atoms with van der Waals surface area (Å²) < 4.78 is 4.40. The van der Waals surface area contributed by atoms with E-state index in [2.05, 4.69) is 79.7 Å². The van der Waals surface area contributed by atoms with Gasteiger partial charge in [0.1, 0.15) is 5.82 Å². The molecule has 1 N–H and O–H groups in total. The van der Waals surface area contributed by atoms with Crippen LogP contribution in [0.25, 0.3) is 0 Å². The Balaban J connectivity index is 1.52. The van der Waals surface area contributed by atoms with Crippen molar-refractivity contribution in [1.82, 2.24) is 24.5 Å². The third kappa shape index (κ3) is 5.42. The quantitative estimate of drug-likeness (QED) is 0.591. The molecule has 0 saturated carbocycles. The zero-order valence-electron chi connectivity index (χ0n) is 17.4. The van der Waals surface area contributed by atoms with Crippen LogP contribution in [-0.2, 0) is 19.5 Å². The minimum absolute atomic E-state index is 0.782. The molecule has 3 rings (SSSR count). The van der Waals surface area contributed by atoms with Crippen molar-refractivity contribution in [3.05, 3.63) is 41.2 Å². The lowest BCUT2D eigenvalue weighted by Gasteiger charge is -2.36. The molecule has 7 nitrogen and oxygen atoms in total. The summed E-state index contributed by atoms with van der Waals surface area (Å²) >= 11 is 1.51. The van der Waals surface area contributed by atoms with E-state index < -0.39 is 0 Å². The maximum absolute atomic E-state index is 4.61. The van der Waals surface area contributed by atoms with Crippen LogP contribution >= 0.6 is 11.5 Å². The van der Waals surface area contributed by atoms with Crippen molar-refractivity contribution < 1.29 is 0 Å². The minimum Gasteiger partial charge on any atom is -0.352 e. The van der Waals surface area contributed by atoms with Crippen molar-refractivity contribution in [2.24, 2.45) is 4.99 Å². The first-order chi connectivity index (χ1) is 13.6. The maximum atomic E-state index is 4.61. The normalized spacial score (nSPS) is 15.4. The van der Waals surface area contributed by atoms with Gasteiger partial charge in [-0.25, -0.2) is 4.98 Å². The molecular weight excluding hydrogens is 370 g/mol. The Hall–Kier alpha value is -2.19. The predicted octanol–water partition coefficient (Wildman–Crippen LogP) is 2.06. The van der Waals surface area contributed by atoms with Crippen LogP contribution < -0.4 is 10.2 Å². The van der Waals surface area contributed by atoms with Gasteiger partial charge in [0.05, 0.1) is 0 Å². The monoisotopic (exact) mass is 401 g/mol. The Morgan fingerprint density at radius 1 is 1.21 bits per heavy atom. The molecule has 1 aromatic heterocycles.